The van der Waals surface area contributed by atoms with Crippen LogP contribution in [-0.2, 0) is 16.8 Å². The van der Waals surface area contributed by atoms with E-state index < -0.39 is 5.54 Å². The first kappa shape index (κ1) is 23.5. The first-order valence-electron chi connectivity index (χ1n) is 12.3. The van der Waals surface area contributed by atoms with Gasteiger partial charge in [-0.2, -0.15) is 5.10 Å². The van der Waals surface area contributed by atoms with E-state index in [1.165, 1.54) is 12.8 Å². The number of nitrogens with zero attached hydrogens (tertiary/aromatic N) is 3. The lowest BCUT2D eigenvalue weighted by Crippen LogP contribution is -2.65. The van der Waals surface area contributed by atoms with Crippen LogP contribution < -0.4 is 10.2 Å². The molecular weight excluding hydrogens is 412 g/mol. The topological polar surface area (TPSA) is 67.2 Å². The number of hydrogen-bond donors (Lipinski definition) is 1. The van der Waals surface area contributed by atoms with Gasteiger partial charge in [-0.25, -0.2) is 0 Å². The number of carbonyl (C=O) groups excluding carboxylic acids is 2. The number of fused-ring (bicyclic) bond motifs is 1. The van der Waals surface area contributed by atoms with Gasteiger partial charge in [0.2, 0.25) is 5.91 Å². The summed E-state index contributed by atoms with van der Waals surface area (Å²) >= 11 is 0. The predicted molar refractivity (Wildman–Crippen MR) is 132 cm³/mol. The van der Waals surface area contributed by atoms with Crippen LogP contribution in [0.3, 0.4) is 0 Å². The predicted octanol–water partition coefficient (Wildman–Crippen LogP) is 5.06. The van der Waals surface area contributed by atoms with Crippen LogP contribution in [0, 0.1) is 13.8 Å². The van der Waals surface area contributed by atoms with E-state index >= 15 is 0 Å². The van der Waals surface area contributed by atoms with Gasteiger partial charge in [0.15, 0.2) is 0 Å². The highest BCUT2D eigenvalue weighted by atomic mass is 16.2. The van der Waals surface area contributed by atoms with Crippen molar-refractivity contribution >= 4 is 17.5 Å². The second kappa shape index (κ2) is 8.62. The number of carbonyl (C=O) groups is 2. The summed E-state index contributed by atoms with van der Waals surface area (Å²) < 4.78 is 1.74. The summed E-state index contributed by atoms with van der Waals surface area (Å²) in [5.41, 5.74) is 3.16. The summed E-state index contributed by atoms with van der Waals surface area (Å²) in [6, 6.07) is 8.04. The number of rotatable bonds is 3. The number of hydrogen-bond acceptors (Lipinski definition) is 3. The quantitative estimate of drug-likeness (QED) is 0.665. The summed E-state index contributed by atoms with van der Waals surface area (Å²) in [4.78, 5) is 29.5. The summed E-state index contributed by atoms with van der Waals surface area (Å²) in [5.74, 6) is -0.273. The van der Waals surface area contributed by atoms with Gasteiger partial charge in [-0.15, -0.1) is 0 Å². The smallest absolute Gasteiger partial charge is 0.277 e. The van der Waals surface area contributed by atoms with Gasteiger partial charge in [0.05, 0.1) is 12.2 Å². The molecule has 6 heteroatoms. The maximum Gasteiger partial charge on any atom is 0.277 e. The van der Waals surface area contributed by atoms with Gasteiger partial charge in [0.1, 0.15) is 11.2 Å². The van der Waals surface area contributed by atoms with Crippen molar-refractivity contribution in [3.05, 3.63) is 46.8 Å². The van der Waals surface area contributed by atoms with Gasteiger partial charge in [-0.1, -0.05) is 52.5 Å². The molecule has 2 aliphatic rings. The van der Waals surface area contributed by atoms with Gasteiger partial charge in [0.25, 0.3) is 5.91 Å². The lowest BCUT2D eigenvalue weighted by Gasteiger charge is -2.44. The van der Waals surface area contributed by atoms with Crippen molar-refractivity contribution in [1.82, 2.24) is 15.1 Å². The molecule has 4 rings (SSSR count). The van der Waals surface area contributed by atoms with Crippen LogP contribution in [0.4, 0.5) is 5.69 Å². The molecule has 33 heavy (non-hydrogen) atoms. The van der Waals surface area contributed by atoms with Gasteiger partial charge in [0, 0.05) is 17.1 Å². The minimum Gasteiger partial charge on any atom is -0.351 e. The summed E-state index contributed by atoms with van der Waals surface area (Å²) in [7, 11) is 0. The highest BCUT2D eigenvalue weighted by Gasteiger charge is 2.49. The molecule has 1 N–H and O–H groups in total. The Morgan fingerprint density at radius 1 is 1.06 bits per heavy atom. The molecule has 1 atom stereocenters. The average Bonchev–Trinajstić information content (AvgIpc) is 3.01. The fourth-order valence-electron chi connectivity index (χ4n) is 4.98. The van der Waals surface area contributed by atoms with E-state index in [-0.39, 0.29) is 23.3 Å². The van der Waals surface area contributed by atoms with Gasteiger partial charge in [-0.3, -0.25) is 19.2 Å². The van der Waals surface area contributed by atoms with Crippen molar-refractivity contribution in [2.24, 2.45) is 0 Å². The van der Waals surface area contributed by atoms with Crippen LogP contribution in [-0.4, -0.2) is 33.2 Å². The van der Waals surface area contributed by atoms with Crippen molar-refractivity contribution < 1.29 is 9.59 Å². The monoisotopic (exact) mass is 450 g/mol. The Balaban J connectivity index is 1.77. The molecule has 1 aliphatic carbocycles. The molecule has 2 aromatic rings. The summed E-state index contributed by atoms with van der Waals surface area (Å²) in [6.07, 6.45) is 6.73. The van der Waals surface area contributed by atoms with Crippen molar-refractivity contribution in [1.29, 1.82) is 0 Å². The number of benzene rings is 1. The Labute approximate surface area is 197 Å². The minimum absolute atomic E-state index is 0.0977. The van der Waals surface area contributed by atoms with Crippen LogP contribution in [0.1, 0.15) is 93.5 Å². The van der Waals surface area contributed by atoms with E-state index in [4.69, 9.17) is 5.10 Å². The Hall–Kier alpha value is -2.63. The fraction of sp³-hybridized carbons (Fsp3) is 0.593. The number of amides is 2. The number of anilines is 1. The molecule has 1 fully saturated rings. The molecule has 0 radical (unpaired) electrons. The van der Waals surface area contributed by atoms with E-state index in [9.17, 15) is 9.59 Å². The molecule has 1 saturated carbocycles. The van der Waals surface area contributed by atoms with Crippen molar-refractivity contribution in [3.63, 3.8) is 0 Å². The molecule has 178 valence electrons. The molecule has 1 unspecified atom stereocenters. The molecule has 2 amide bonds. The third-order valence-electron chi connectivity index (χ3n) is 7.35. The first-order valence-corrected chi connectivity index (χ1v) is 12.3. The zero-order chi connectivity index (χ0) is 24.0. The summed E-state index contributed by atoms with van der Waals surface area (Å²) in [5, 5.41) is 8.07. The lowest BCUT2D eigenvalue weighted by atomic mass is 9.91. The molecule has 1 aliphatic heterocycles. The molecule has 6 nitrogen and oxygen atoms in total. The van der Waals surface area contributed by atoms with Crippen LogP contribution in [0.2, 0.25) is 0 Å². The van der Waals surface area contributed by atoms with Crippen molar-refractivity contribution in [3.8, 4) is 0 Å². The molecule has 0 bridgehead atoms. The minimum atomic E-state index is -1.07. The zero-order valence-corrected chi connectivity index (χ0v) is 21.0. The normalized spacial score (nSPS) is 22.1. The Morgan fingerprint density at radius 2 is 1.73 bits per heavy atom. The molecule has 2 heterocycles. The first-order chi connectivity index (χ1) is 15.5. The third-order valence-corrected chi connectivity index (χ3v) is 7.35. The lowest BCUT2D eigenvalue weighted by molar-refractivity contribution is -0.127. The van der Waals surface area contributed by atoms with Crippen LogP contribution >= 0.6 is 0 Å². The molecule has 0 saturated heterocycles. The average molecular weight is 451 g/mol. The van der Waals surface area contributed by atoms with Gasteiger partial charge in [-0.05, 0) is 62.9 Å². The summed E-state index contributed by atoms with van der Waals surface area (Å²) in [6.45, 7) is 12.6. The Kier molecular flexibility index (Phi) is 6.14. The third kappa shape index (κ3) is 4.44. The molecule has 1 aromatic heterocycles. The second-order valence-electron chi connectivity index (χ2n) is 11.2. The molecule has 0 spiro atoms. The maximum atomic E-state index is 13.9. The van der Waals surface area contributed by atoms with Crippen molar-refractivity contribution in [2.75, 3.05) is 4.90 Å². The standard InChI is InChI=1S/C27H38N4O2/c1-18-13-14-21(15-19(18)2)31-24(32)22-16-23(26(3,4)5)29-30(22)17-27(31,6)25(33)28-20-11-9-7-8-10-12-20/h13-16,20H,7-12,17H2,1-6H3,(H,28,33). The fourth-order valence-corrected chi connectivity index (χ4v) is 4.98. The Morgan fingerprint density at radius 3 is 2.33 bits per heavy atom. The number of aryl methyl sites for hydroxylation is 2. The largest absolute Gasteiger partial charge is 0.351 e. The zero-order valence-electron chi connectivity index (χ0n) is 21.0. The van der Waals surface area contributed by atoms with E-state index in [0.29, 0.717) is 12.2 Å². The van der Waals surface area contributed by atoms with Crippen molar-refractivity contribution in [2.45, 2.75) is 104 Å². The number of aromatic nitrogens is 2. The van der Waals surface area contributed by atoms with E-state index in [2.05, 4.69) is 33.0 Å². The van der Waals surface area contributed by atoms with Gasteiger partial charge < -0.3 is 5.32 Å². The van der Waals surface area contributed by atoms with E-state index in [0.717, 1.165) is 48.2 Å². The van der Waals surface area contributed by atoms with E-state index in [1.807, 2.05) is 38.1 Å². The highest BCUT2D eigenvalue weighted by Crippen LogP contribution is 2.35. The van der Waals surface area contributed by atoms with Gasteiger partial charge >= 0.3 is 0 Å². The number of nitrogens with one attached hydrogen (secondary N) is 1. The Bertz CT molecular complexity index is 1060. The van der Waals surface area contributed by atoms with E-state index in [1.54, 1.807) is 9.58 Å². The van der Waals surface area contributed by atoms with Crippen LogP contribution in [0.25, 0.3) is 0 Å². The maximum absolute atomic E-state index is 13.9. The molecule has 1 aromatic carbocycles. The highest BCUT2D eigenvalue weighted by molar-refractivity contribution is 6.12. The SMILES string of the molecule is Cc1ccc(N2C(=O)c3cc(C(C)(C)C)nn3CC2(C)C(=O)NC2CCCCCC2)cc1C. The molecular formula is C27H38N4O2. The van der Waals surface area contributed by atoms with Crippen LogP contribution in [0.15, 0.2) is 24.3 Å². The second-order valence-corrected chi connectivity index (χ2v) is 11.2. The van der Waals surface area contributed by atoms with Crippen LogP contribution in [0.5, 0.6) is 0 Å².